The van der Waals surface area contributed by atoms with Crippen LogP contribution < -0.4 is 4.18 Å². The van der Waals surface area contributed by atoms with Crippen LogP contribution in [0.25, 0.3) is 0 Å². The molecule has 0 bridgehead atoms. The molecule has 2 aromatic rings. The van der Waals surface area contributed by atoms with Gasteiger partial charge >= 0.3 is 10.1 Å². The molecule has 0 N–H and O–H groups in total. The molecule has 0 amide bonds. The van der Waals surface area contributed by atoms with E-state index in [0.29, 0.717) is 6.07 Å². The van der Waals surface area contributed by atoms with E-state index in [1.807, 2.05) is 6.92 Å². The average Bonchev–Trinajstić information content (AvgIpc) is 2.35. The van der Waals surface area contributed by atoms with E-state index in [0.717, 1.165) is 17.7 Å². The molecule has 6 heteroatoms. The van der Waals surface area contributed by atoms with Crippen molar-refractivity contribution < 1.29 is 21.4 Å². The van der Waals surface area contributed by atoms with Crippen LogP contribution in [0.4, 0.5) is 8.78 Å². The maximum Gasteiger partial charge on any atom is 0.342 e. The second-order valence-electron chi connectivity index (χ2n) is 3.93. The Morgan fingerprint density at radius 2 is 1.63 bits per heavy atom. The molecular weight excluding hydrogens is 274 g/mol. The number of hydrogen-bond acceptors (Lipinski definition) is 3. The third-order valence-electron chi connectivity index (χ3n) is 2.39. The zero-order valence-electron chi connectivity index (χ0n) is 9.93. The van der Waals surface area contributed by atoms with Gasteiger partial charge in [0.05, 0.1) is 0 Å². The summed E-state index contributed by atoms with van der Waals surface area (Å²) in [6.07, 6.45) is 0. The van der Waals surface area contributed by atoms with Crippen molar-refractivity contribution >= 4 is 10.1 Å². The van der Waals surface area contributed by atoms with E-state index in [4.69, 9.17) is 4.18 Å². The molecule has 0 aliphatic rings. The quantitative estimate of drug-likeness (QED) is 0.814. The number of benzene rings is 2. The zero-order chi connectivity index (χ0) is 14.0. The maximum atomic E-state index is 13.4. The van der Waals surface area contributed by atoms with E-state index in [1.54, 1.807) is 12.1 Å². The predicted octanol–water partition coefficient (Wildman–Crippen LogP) is 3.04. The summed E-state index contributed by atoms with van der Waals surface area (Å²) < 4.78 is 54.8. The molecule has 3 nitrogen and oxygen atoms in total. The molecule has 0 aromatic heterocycles. The first-order valence-electron chi connectivity index (χ1n) is 5.35. The van der Waals surface area contributed by atoms with Gasteiger partial charge in [0.15, 0.2) is 0 Å². The fourth-order valence-corrected chi connectivity index (χ4v) is 2.45. The van der Waals surface area contributed by atoms with Gasteiger partial charge in [-0.05, 0) is 37.3 Å². The van der Waals surface area contributed by atoms with Crippen molar-refractivity contribution in [3.8, 4) is 5.75 Å². The highest BCUT2D eigenvalue weighted by Gasteiger charge is 2.22. The van der Waals surface area contributed by atoms with Crippen molar-refractivity contribution in [3.63, 3.8) is 0 Å². The van der Waals surface area contributed by atoms with Crippen molar-refractivity contribution in [1.29, 1.82) is 0 Å². The first kappa shape index (κ1) is 13.5. The Kier molecular flexibility index (Phi) is 3.53. The molecule has 0 aliphatic heterocycles. The SMILES string of the molecule is Cc1ccc(OS(=O)(=O)c2cc(F)ccc2F)cc1. The van der Waals surface area contributed by atoms with Gasteiger partial charge in [-0.25, -0.2) is 8.78 Å². The lowest BCUT2D eigenvalue weighted by Gasteiger charge is -2.08. The molecule has 0 aliphatic carbocycles. The normalized spacial score (nSPS) is 11.3. The van der Waals surface area contributed by atoms with Crippen LogP contribution >= 0.6 is 0 Å². The molecule has 0 spiro atoms. The molecule has 0 heterocycles. The van der Waals surface area contributed by atoms with Gasteiger partial charge in [-0.2, -0.15) is 8.42 Å². The number of hydrogen-bond donors (Lipinski definition) is 0. The molecule has 0 atom stereocenters. The van der Waals surface area contributed by atoms with Crippen molar-refractivity contribution in [2.75, 3.05) is 0 Å². The summed E-state index contributed by atoms with van der Waals surface area (Å²) in [6.45, 7) is 1.82. The molecular formula is C13H10F2O3S. The lowest BCUT2D eigenvalue weighted by molar-refractivity contribution is 0.473. The Morgan fingerprint density at radius 3 is 2.26 bits per heavy atom. The monoisotopic (exact) mass is 284 g/mol. The fraction of sp³-hybridized carbons (Fsp3) is 0.0769. The molecule has 0 fully saturated rings. The molecule has 0 unspecified atom stereocenters. The summed E-state index contributed by atoms with van der Waals surface area (Å²) in [5, 5.41) is 0. The molecule has 0 radical (unpaired) electrons. The Hall–Kier alpha value is -1.95. The van der Waals surface area contributed by atoms with E-state index in [9.17, 15) is 17.2 Å². The van der Waals surface area contributed by atoms with E-state index in [-0.39, 0.29) is 5.75 Å². The Balaban J connectivity index is 2.37. The average molecular weight is 284 g/mol. The third kappa shape index (κ3) is 3.08. The topological polar surface area (TPSA) is 43.4 Å². The second-order valence-corrected chi connectivity index (χ2v) is 5.44. The van der Waals surface area contributed by atoms with Gasteiger partial charge in [-0.1, -0.05) is 17.7 Å². The van der Waals surface area contributed by atoms with Crippen LogP contribution in [0.2, 0.25) is 0 Å². The van der Waals surface area contributed by atoms with E-state index in [2.05, 4.69) is 0 Å². The van der Waals surface area contributed by atoms with E-state index < -0.39 is 26.6 Å². The Morgan fingerprint density at radius 1 is 1.00 bits per heavy atom. The fourth-order valence-electron chi connectivity index (χ4n) is 1.43. The number of rotatable bonds is 3. The minimum atomic E-state index is -4.39. The smallest absolute Gasteiger partial charge is 0.342 e. The number of aryl methyl sites for hydroxylation is 1. The van der Waals surface area contributed by atoms with Crippen LogP contribution in [0.15, 0.2) is 47.4 Å². The van der Waals surface area contributed by atoms with E-state index >= 15 is 0 Å². The first-order chi connectivity index (χ1) is 8.88. The summed E-state index contributed by atoms with van der Waals surface area (Å²) >= 11 is 0. The highest BCUT2D eigenvalue weighted by Crippen LogP contribution is 2.21. The van der Waals surface area contributed by atoms with Crippen LogP contribution in [0.3, 0.4) is 0 Å². The van der Waals surface area contributed by atoms with Gasteiger partial charge in [0, 0.05) is 0 Å². The molecule has 19 heavy (non-hydrogen) atoms. The summed E-state index contributed by atoms with van der Waals surface area (Å²) in [7, 11) is -4.39. The lowest BCUT2D eigenvalue weighted by Crippen LogP contribution is -2.12. The van der Waals surface area contributed by atoms with Crippen molar-refractivity contribution in [3.05, 3.63) is 59.7 Å². The van der Waals surface area contributed by atoms with Gasteiger partial charge in [0.1, 0.15) is 22.3 Å². The summed E-state index contributed by atoms with van der Waals surface area (Å²) in [5.74, 6) is -1.88. The molecule has 2 aromatic carbocycles. The summed E-state index contributed by atoms with van der Waals surface area (Å²) in [4.78, 5) is -0.826. The van der Waals surface area contributed by atoms with Crippen molar-refractivity contribution in [2.24, 2.45) is 0 Å². The Bertz CT molecular complexity index is 694. The minimum absolute atomic E-state index is 0.0364. The van der Waals surface area contributed by atoms with Crippen molar-refractivity contribution in [2.45, 2.75) is 11.8 Å². The zero-order valence-corrected chi connectivity index (χ0v) is 10.7. The Labute approximate surface area is 109 Å². The first-order valence-corrected chi connectivity index (χ1v) is 6.75. The summed E-state index contributed by atoms with van der Waals surface area (Å²) in [6, 6.07) is 8.31. The van der Waals surface area contributed by atoms with Gasteiger partial charge < -0.3 is 4.18 Å². The molecule has 2 rings (SSSR count). The molecule has 0 saturated heterocycles. The van der Waals surface area contributed by atoms with Crippen LogP contribution in [0.5, 0.6) is 5.75 Å². The van der Waals surface area contributed by atoms with Crippen LogP contribution in [-0.4, -0.2) is 8.42 Å². The highest BCUT2D eigenvalue weighted by atomic mass is 32.2. The minimum Gasteiger partial charge on any atom is -0.379 e. The number of halogens is 2. The van der Waals surface area contributed by atoms with Gasteiger partial charge in [-0.15, -0.1) is 0 Å². The van der Waals surface area contributed by atoms with Crippen LogP contribution in [0.1, 0.15) is 5.56 Å². The lowest BCUT2D eigenvalue weighted by atomic mass is 10.2. The van der Waals surface area contributed by atoms with Gasteiger partial charge in [-0.3, -0.25) is 0 Å². The largest absolute Gasteiger partial charge is 0.379 e. The molecule has 100 valence electrons. The summed E-state index contributed by atoms with van der Waals surface area (Å²) in [5.41, 5.74) is 0.918. The predicted molar refractivity (Wildman–Crippen MR) is 65.4 cm³/mol. The van der Waals surface area contributed by atoms with Crippen LogP contribution in [-0.2, 0) is 10.1 Å². The third-order valence-corrected chi connectivity index (χ3v) is 3.65. The standard InChI is InChI=1S/C13H10F2O3S/c1-9-2-5-11(6-3-9)18-19(16,17)13-8-10(14)4-7-12(13)15/h2-8H,1H3. The highest BCUT2D eigenvalue weighted by molar-refractivity contribution is 7.87. The van der Waals surface area contributed by atoms with E-state index in [1.165, 1.54) is 12.1 Å². The van der Waals surface area contributed by atoms with Crippen LogP contribution in [0, 0.1) is 18.6 Å². The van der Waals surface area contributed by atoms with Gasteiger partial charge in [0.25, 0.3) is 0 Å². The van der Waals surface area contributed by atoms with Gasteiger partial charge in [0.2, 0.25) is 0 Å². The molecule has 0 saturated carbocycles. The second kappa shape index (κ2) is 4.97. The maximum absolute atomic E-state index is 13.4. The van der Waals surface area contributed by atoms with Crippen molar-refractivity contribution in [1.82, 2.24) is 0 Å².